The Bertz CT molecular complexity index is 570. The molecule has 1 aromatic carbocycles. The highest BCUT2D eigenvalue weighted by molar-refractivity contribution is 5.67. The predicted molar refractivity (Wildman–Crippen MR) is 79.9 cm³/mol. The molecule has 0 amide bonds. The molecular formula is C16H20N2O2. The van der Waals surface area contributed by atoms with Crippen LogP contribution in [0.4, 0.5) is 0 Å². The average Bonchev–Trinajstić information content (AvgIpc) is 2.49. The first-order valence-corrected chi connectivity index (χ1v) is 6.82. The quantitative estimate of drug-likeness (QED) is 0.878. The van der Waals surface area contributed by atoms with Crippen molar-refractivity contribution >= 4 is 0 Å². The van der Waals surface area contributed by atoms with Crippen LogP contribution in [0.1, 0.15) is 19.4 Å². The monoisotopic (exact) mass is 272 g/mol. The number of pyridine rings is 1. The summed E-state index contributed by atoms with van der Waals surface area (Å²) in [5.41, 5.74) is 8.73. The Morgan fingerprint density at radius 3 is 2.40 bits per heavy atom. The normalized spacial score (nSPS) is 10.3. The molecule has 1 aromatic heterocycles. The van der Waals surface area contributed by atoms with Crippen LogP contribution < -0.4 is 15.2 Å². The summed E-state index contributed by atoms with van der Waals surface area (Å²) < 4.78 is 11.2. The summed E-state index contributed by atoms with van der Waals surface area (Å²) >= 11 is 0. The number of rotatable bonds is 6. The standard InChI is InChI=1S/C16H20N2O2/c1-3-19-15-6-5-13(8-16(15)20-4-2)14-7-12(9-17)10-18-11-14/h5-8,10-11H,3-4,9,17H2,1-2H3. The molecule has 0 saturated carbocycles. The maximum atomic E-state index is 5.65. The molecule has 0 radical (unpaired) electrons. The number of aromatic nitrogens is 1. The van der Waals surface area contributed by atoms with Gasteiger partial charge in [0.2, 0.25) is 0 Å². The molecule has 2 N–H and O–H groups in total. The van der Waals surface area contributed by atoms with E-state index in [1.807, 2.05) is 44.3 Å². The summed E-state index contributed by atoms with van der Waals surface area (Å²) in [4.78, 5) is 4.21. The third-order valence-corrected chi connectivity index (χ3v) is 2.91. The van der Waals surface area contributed by atoms with E-state index in [-0.39, 0.29) is 0 Å². The van der Waals surface area contributed by atoms with Gasteiger partial charge in [-0.25, -0.2) is 0 Å². The van der Waals surface area contributed by atoms with Crippen molar-refractivity contribution in [2.24, 2.45) is 5.73 Å². The second-order valence-corrected chi connectivity index (χ2v) is 4.31. The van der Waals surface area contributed by atoms with E-state index in [1.54, 1.807) is 6.20 Å². The Hall–Kier alpha value is -2.07. The molecule has 0 fully saturated rings. The third-order valence-electron chi connectivity index (χ3n) is 2.91. The number of hydrogen-bond donors (Lipinski definition) is 1. The second kappa shape index (κ2) is 6.91. The van der Waals surface area contributed by atoms with Gasteiger partial charge < -0.3 is 15.2 Å². The van der Waals surface area contributed by atoms with Crippen molar-refractivity contribution in [3.05, 3.63) is 42.2 Å². The van der Waals surface area contributed by atoms with Crippen LogP contribution in [-0.4, -0.2) is 18.2 Å². The van der Waals surface area contributed by atoms with Gasteiger partial charge in [-0.05, 0) is 43.2 Å². The van der Waals surface area contributed by atoms with E-state index in [1.165, 1.54) is 0 Å². The van der Waals surface area contributed by atoms with Crippen LogP contribution >= 0.6 is 0 Å². The Kier molecular flexibility index (Phi) is 4.96. The van der Waals surface area contributed by atoms with E-state index in [2.05, 4.69) is 4.98 Å². The van der Waals surface area contributed by atoms with Gasteiger partial charge in [0.15, 0.2) is 11.5 Å². The molecule has 106 valence electrons. The summed E-state index contributed by atoms with van der Waals surface area (Å²) in [6.45, 7) is 5.61. The fourth-order valence-electron chi connectivity index (χ4n) is 1.99. The smallest absolute Gasteiger partial charge is 0.161 e. The molecular weight excluding hydrogens is 252 g/mol. The minimum absolute atomic E-state index is 0.482. The minimum Gasteiger partial charge on any atom is -0.490 e. The summed E-state index contributed by atoms with van der Waals surface area (Å²) in [7, 11) is 0. The predicted octanol–water partition coefficient (Wildman–Crippen LogP) is 3.00. The second-order valence-electron chi connectivity index (χ2n) is 4.31. The first-order chi connectivity index (χ1) is 9.78. The van der Waals surface area contributed by atoms with Crippen molar-refractivity contribution in [3.8, 4) is 22.6 Å². The molecule has 0 unspecified atom stereocenters. The molecule has 1 heterocycles. The highest BCUT2D eigenvalue weighted by Crippen LogP contribution is 2.32. The molecule has 0 aliphatic carbocycles. The van der Waals surface area contributed by atoms with E-state index in [9.17, 15) is 0 Å². The lowest BCUT2D eigenvalue weighted by molar-refractivity contribution is 0.288. The molecule has 0 spiro atoms. The third kappa shape index (κ3) is 3.27. The van der Waals surface area contributed by atoms with Crippen molar-refractivity contribution < 1.29 is 9.47 Å². The molecule has 0 bridgehead atoms. The van der Waals surface area contributed by atoms with Gasteiger partial charge >= 0.3 is 0 Å². The summed E-state index contributed by atoms with van der Waals surface area (Å²) in [5, 5.41) is 0. The lowest BCUT2D eigenvalue weighted by Gasteiger charge is -2.12. The van der Waals surface area contributed by atoms with E-state index in [4.69, 9.17) is 15.2 Å². The Labute approximate surface area is 119 Å². The molecule has 4 heteroatoms. The lowest BCUT2D eigenvalue weighted by Crippen LogP contribution is -1.99. The summed E-state index contributed by atoms with van der Waals surface area (Å²) in [6, 6.07) is 7.95. The van der Waals surface area contributed by atoms with Gasteiger partial charge in [-0.3, -0.25) is 4.98 Å². The molecule has 20 heavy (non-hydrogen) atoms. The maximum absolute atomic E-state index is 5.65. The number of benzene rings is 1. The van der Waals surface area contributed by atoms with Crippen LogP contribution in [0, 0.1) is 0 Å². The van der Waals surface area contributed by atoms with Crippen LogP contribution in [0.5, 0.6) is 11.5 Å². The Morgan fingerprint density at radius 1 is 0.950 bits per heavy atom. The molecule has 2 aromatic rings. The van der Waals surface area contributed by atoms with Crippen molar-refractivity contribution in [3.63, 3.8) is 0 Å². The fraction of sp³-hybridized carbons (Fsp3) is 0.312. The summed E-state index contributed by atoms with van der Waals surface area (Å²) in [6.07, 6.45) is 3.60. The van der Waals surface area contributed by atoms with Gasteiger partial charge in [0.25, 0.3) is 0 Å². The minimum atomic E-state index is 0.482. The zero-order valence-electron chi connectivity index (χ0n) is 11.9. The van der Waals surface area contributed by atoms with Crippen molar-refractivity contribution in [1.29, 1.82) is 0 Å². The number of nitrogens with two attached hydrogens (primary N) is 1. The summed E-state index contributed by atoms with van der Waals surface area (Å²) in [5.74, 6) is 1.52. The van der Waals surface area contributed by atoms with Gasteiger partial charge in [-0.2, -0.15) is 0 Å². The van der Waals surface area contributed by atoms with Crippen LogP contribution in [0.3, 0.4) is 0 Å². The zero-order chi connectivity index (χ0) is 14.4. The van der Waals surface area contributed by atoms with Crippen molar-refractivity contribution in [2.45, 2.75) is 20.4 Å². The molecule has 0 saturated heterocycles. The van der Waals surface area contributed by atoms with Crippen molar-refractivity contribution in [2.75, 3.05) is 13.2 Å². The number of nitrogens with zero attached hydrogens (tertiary/aromatic N) is 1. The van der Waals surface area contributed by atoms with E-state index < -0.39 is 0 Å². The van der Waals surface area contributed by atoms with Gasteiger partial charge in [-0.15, -0.1) is 0 Å². The SMILES string of the molecule is CCOc1ccc(-c2cncc(CN)c2)cc1OCC. The average molecular weight is 272 g/mol. The van der Waals surface area contributed by atoms with E-state index in [0.29, 0.717) is 19.8 Å². The molecule has 2 rings (SSSR count). The maximum Gasteiger partial charge on any atom is 0.161 e. The number of ether oxygens (including phenoxy) is 2. The molecule has 0 aliphatic heterocycles. The zero-order valence-corrected chi connectivity index (χ0v) is 11.9. The highest BCUT2D eigenvalue weighted by Gasteiger charge is 2.08. The Balaban J connectivity index is 2.38. The highest BCUT2D eigenvalue weighted by atomic mass is 16.5. The van der Waals surface area contributed by atoms with Gasteiger partial charge in [0, 0.05) is 24.5 Å². The van der Waals surface area contributed by atoms with Crippen LogP contribution in [0.2, 0.25) is 0 Å². The largest absolute Gasteiger partial charge is 0.490 e. The van der Waals surface area contributed by atoms with Crippen LogP contribution in [0.25, 0.3) is 11.1 Å². The molecule has 0 atom stereocenters. The first-order valence-electron chi connectivity index (χ1n) is 6.82. The first kappa shape index (κ1) is 14.3. The number of hydrogen-bond acceptors (Lipinski definition) is 4. The van der Waals surface area contributed by atoms with Crippen LogP contribution in [-0.2, 0) is 6.54 Å². The van der Waals surface area contributed by atoms with Gasteiger partial charge in [-0.1, -0.05) is 6.07 Å². The molecule has 0 aliphatic rings. The topological polar surface area (TPSA) is 57.4 Å². The Morgan fingerprint density at radius 2 is 1.70 bits per heavy atom. The molecule has 4 nitrogen and oxygen atoms in total. The lowest BCUT2D eigenvalue weighted by atomic mass is 10.1. The van der Waals surface area contributed by atoms with Crippen LogP contribution in [0.15, 0.2) is 36.7 Å². The fourth-order valence-corrected chi connectivity index (χ4v) is 1.99. The van der Waals surface area contributed by atoms with Gasteiger partial charge in [0.05, 0.1) is 13.2 Å². The van der Waals surface area contributed by atoms with E-state index >= 15 is 0 Å². The van der Waals surface area contributed by atoms with Gasteiger partial charge in [0.1, 0.15) is 0 Å². The van der Waals surface area contributed by atoms with E-state index in [0.717, 1.165) is 28.2 Å². The van der Waals surface area contributed by atoms with Crippen molar-refractivity contribution in [1.82, 2.24) is 4.98 Å².